The van der Waals surface area contributed by atoms with Gasteiger partial charge < -0.3 is 30.3 Å². The quantitative estimate of drug-likeness (QED) is 0.0931. The Morgan fingerprint density at radius 1 is 0.512 bits per heavy atom. The fourth-order valence-electron chi connectivity index (χ4n) is 5.80. The van der Waals surface area contributed by atoms with E-state index in [1.807, 2.05) is 30.3 Å². The molecule has 0 aliphatic rings. The van der Waals surface area contributed by atoms with Crippen molar-refractivity contribution < 1.29 is 17.1 Å². The maximum Gasteiger partial charge on any atom is 0 e. The van der Waals surface area contributed by atoms with Crippen LogP contribution in [-0.2, 0) is 17.1 Å². The van der Waals surface area contributed by atoms with Crippen LogP contribution in [-0.4, -0.2) is 0 Å². The summed E-state index contributed by atoms with van der Waals surface area (Å²) in [5.41, 5.74) is 7.26. The molecule has 0 saturated heterocycles. The number of rotatable bonds is 7. The minimum absolute atomic E-state index is 0. The second kappa shape index (κ2) is 15.6. The van der Waals surface area contributed by atoms with Crippen molar-refractivity contribution in [3.8, 4) is 0 Å². The van der Waals surface area contributed by atoms with E-state index in [0.717, 1.165) is 0 Å². The predicted octanol–water partition coefficient (Wildman–Crippen LogP) is 8.99. The van der Waals surface area contributed by atoms with Gasteiger partial charge in [-0.3, -0.25) is 0 Å². The molecule has 6 aromatic rings. The molecule has 0 bridgehead atoms. The first-order chi connectivity index (χ1) is 20.4. The molecule has 6 aromatic carbocycles. The Hall–Kier alpha value is -3.04. The molecule has 0 unspecified atom stereocenters. The standard InChI is InChI=1S/C35H35P2.C5H5.Fe/c1-25-19-26(2)22-32(21-25)36(33-23-27(3)20-28(4)24-33)29(5)34-17-12-18-35(34)37(30-13-8-6-9-14-30)31-15-10-7-11-16-31;1-2-4-5-3-1;/h6-24,29H,1-5H3;1-5H;/q-1;-5;/t29-;;/m1../s1. The monoisotopic (exact) mass is 638 g/mol. The first-order valence-corrected chi connectivity index (χ1v) is 17.4. The molecule has 224 valence electrons. The molecule has 0 fully saturated rings. The average Bonchev–Trinajstić information content (AvgIpc) is 3.70. The van der Waals surface area contributed by atoms with Gasteiger partial charge in [-0.2, -0.15) is 6.07 Å². The van der Waals surface area contributed by atoms with Crippen LogP contribution in [0.4, 0.5) is 0 Å². The van der Waals surface area contributed by atoms with Gasteiger partial charge in [0, 0.05) is 17.1 Å². The molecular formula is C40H40FeP2-6. The normalized spacial score (nSPS) is 11.5. The van der Waals surface area contributed by atoms with Crippen molar-refractivity contribution in [2.24, 2.45) is 0 Å². The minimum atomic E-state index is -0.639. The van der Waals surface area contributed by atoms with Crippen molar-refractivity contribution in [1.82, 2.24) is 0 Å². The second-order valence-corrected chi connectivity index (χ2v) is 15.8. The van der Waals surface area contributed by atoms with Gasteiger partial charge in [0.2, 0.25) is 0 Å². The Balaban J connectivity index is 0.000000641. The van der Waals surface area contributed by atoms with Crippen molar-refractivity contribution in [2.75, 3.05) is 0 Å². The van der Waals surface area contributed by atoms with E-state index in [-0.39, 0.29) is 17.1 Å². The van der Waals surface area contributed by atoms with Crippen LogP contribution in [0.5, 0.6) is 0 Å². The molecule has 6 rings (SSSR count). The zero-order valence-electron chi connectivity index (χ0n) is 25.7. The summed E-state index contributed by atoms with van der Waals surface area (Å²) < 4.78 is 0. The molecule has 43 heavy (non-hydrogen) atoms. The van der Waals surface area contributed by atoms with E-state index in [0.29, 0.717) is 5.66 Å². The molecule has 3 heteroatoms. The minimum Gasteiger partial charge on any atom is -0.748 e. The van der Waals surface area contributed by atoms with E-state index in [9.17, 15) is 0 Å². The van der Waals surface area contributed by atoms with Crippen LogP contribution in [0.2, 0.25) is 0 Å². The number of benzene rings is 4. The molecule has 0 nitrogen and oxygen atoms in total. The first kappa shape index (κ1) is 32.9. The van der Waals surface area contributed by atoms with Crippen LogP contribution >= 0.6 is 15.8 Å². The summed E-state index contributed by atoms with van der Waals surface area (Å²) in [5, 5.41) is 7.25. The summed E-state index contributed by atoms with van der Waals surface area (Å²) in [4.78, 5) is 0. The molecular weight excluding hydrogens is 598 g/mol. The van der Waals surface area contributed by atoms with E-state index in [1.165, 1.54) is 54.3 Å². The molecule has 0 heterocycles. The van der Waals surface area contributed by atoms with Crippen LogP contribution in [0.1, 0.15) is 40.4 Å². The van der Waals surface area contributed by atoms with Crippen LogP contribution in [0, 0.1) is 27.7 Å². The van der Waals surface area contributed by atoms with Gasteiger partial charge in [-0.1, -0.05) is 126 Å². The van der Waals surface area contributed by atoms with Crippen LogP contribution in [0.3, 0.4) is 0 Å². The van der Waals surface area contributed by atoms with Crippen molar-refractivity contribution in [3.63, 3.8) is 0 Å². The maximum absolute atomic E-state index is 2.46. The summed E-state index contributed by atoms with van der Waals surface area (Å²) >= 11 is 0. The van der Waals surface area contributed by atoms with Crippen molar-refractivity contribution in [1.29, 1.82) is 0 Å². The van der Waals surface area contributed by atoms with E-state index < -0.39 is 15.8 Å². The molecule has 0 spiro atoms. The largest absolute Gasteiger partial charge is 0.748 e. The van der Waals surface area contributed by atoms with Crippen LogP contribution < -0.4 is 26.5 Å². The summed E-state index contributed by atoms with van der Waals surface area (Å²) in [6.45, 7) is 11.4. The van der Waals surface area contributed by atoms with Crippen molar-refractivity contribution in [2.45, 2.75) is 40.3 Å². The summed E-state index contributed by atoms with van der Waals surface area (Å²) in [7, 11) is -1.24. The van der Waals surface area contributed by atoms with Gasteiger partial charge in [0.05, 0.1) is 0 Å². The summed E-state index contributed by atoms with van der Waals surface area (Å²) in [6.07, 6.45) is 0. The number of aryl methyl sites for hydroxylation is 4. The Morgan fingerprint density at radius 3 is 1.30 bits per heavy atom. The third kappa shape index (κ3) is 8.32. The number of hydrogen-bond acceptors (Lipinski definition) is 0. The Kier molecular flexibility index (Phi) is 11.9. The van der Waals surface area contributed by atoms with Crippen LogP contribution in [0.25, 0.3) is 0 Å². The Morgan fingerprint density at radius 2 is 0.907 bits per heavy atom. The SMILES string of the molecule is Cc1cc(C)cc(P(c2cc(C)cc(C)c2)[C@H](C)[c-]2cccc2P(c2ccccc2)c2ccccc2)c1.[Fe].[cH-]1[cH-][cH-][cH-][cH-]1. The zero-order valence-corrected chi connectivity index (χ0v) is 28.6. The van der Waals surface area contributed by atoms with Gasteiger partial charge in [-0.05, 0) is 70.4 Å². The van der Waals surface area contributed by atoms with Crippen LogP contribution in [0.15, 0.2) is 146 Å². The summed E-state index contributed by atoms with van der Waals surface area (Å²) in [5.74, 6) is 0. The van der Waals surface area contributed by atoms with Gasteiger partial charge in [0.1, 0.15) is 0 Å². The topological polar surface area (TPSA) is 0 Å². The molecule has 0 aliphatic carbocycles. The maximum atomic E-state index is 2.46. The Labute approximate surface area is 271 Å². The third-order valence-corrected chi connectivity index (χ3v) is 12.7. The van der Waals surface area contributed by atoms with Gasteiger partial charge in [0.15, 0.2) is 0 Å². The molecule has 0 aliphatic heterocycles. The predicted molar refractivity (Wildman–Crippen MR) is 189 cm³/mol. The van der Waals surface area contributed by atoms with Gasteiger partial charge in [0.25, 0.3) is 0 Å². The van der Waals surface area contributed by atoms with Crippen molar-refractivity contribution >= 4 is 42.4 Å². The molecule has 0 radical (unpaired) electrons. The molecule has 0 aromatic heterocycles. The van der Waals surface area contributed by atoms with Crippen molar-refractivity contribution in [3.05, 3.63) is 173 Å². The second-order valence-electron chi connectivity index (χ2n) is 11.1. The fourth-order valence-corrected chi connectivity index (χ4v) is 11.5. The van der Waals surface area contributed by atoms with E-state index in [4.69, 9.17) is 0 Å². The Bertz CT molecular complexity index is 1540. The fraction of sp³-hybridized carbons (Fsp3) is 0.150. The van der Waals surface area contributed by atoms with E-state index >= 15 is 0 Å². The average molecular weight is 639 g/mol. The first-order valence-electron chi connectivity index (χ1n) is 14.7. The zero-order chi connectivity index (χ0) is 29.5. The smallest absolute Gasteiger partial charge is 0 e. The van der Waals surface area contributed by atoms with Gasteiger partial charge in [-0.15, -0.1) is 10.9 Å². The van der Waals surface area contributed by atoms with Gasteiger partial charge in [-0.25, -0.2) is 12.1 Å². The summed E-state index contributed by atoms with van der Waals surface area (Å²) in [6, 6.07) is 53.5. The van der Waals surface area contributed by atoms with Gasteiger partial charge >= 0.3 is 0 Å². The van der Waals surface area contributed by atoms with E-state index in [1.54, 1.807) is 0 Å². The molecule has 0 saturated carbocycles. The third-order valence-electron chi connectivity index (χ3n) is 7.46. The molecule has 0 N–H and O–H groups in total. The number of hydrogen-bond donors (Lipinski definition) is 0. The molecule has 1 atom stereocenters. The molecule has 0 amide bonds. The van der Waals surface area contributed by atoms with E-state index in [2.05, 4.69) is 150 Å².